The maximum Gasteiger partial charge on any atom is 0.231 e. The van der Waals surface area contributed by atoms with Crippen LogP contribution in [0.2, 0.25) is 0 Å². The van der Waals surface area contributed by atoms with Crippen molar-refractivity contribution in [2.75, 3.05) is 6.79 Å². The van der Waals surface area contributed by atoms with Gasteiger partial charge >= 0.3 is 0 Å². The van der Waals surface area contributed by atoms with E-state index in [1.807, 2.05) is 12.1 Å². The van der Waals surface area contributed by atoms with Crippen LogP contribution in [0.25, 0.3) is 0 Å². The van der Waals surface area contributed by atoms with Crippen molar-refractivity contribution in [2.24, 2.45) is 0 Å². The number of unbranched alkanes of at least 4 members (excludes halogenated alkanes) is 4. The summed E-state index contributed by atoms with van der Waals surface area (Å²) in [7, 11) is 0. The monoisotopic (exact) mass is 288 g/mol. The van der Waals surface area contributed by atoms with E-state index in [0.29, 0.717) is 11.5 Å². The van der Waals surface area contributed by atoms with E-state index in [-0.39, 0.29) is 6.79 Å². The zero-order valence-corrected chi connectivity index (χ0v) is 13.2. The van der Waals surface area contributed by atoms with Crippen LogP contribution in [-0.4, -0.2) is 11.9 Å². The smallest absolute Gasteiger partial charge is 0.231 e. The standard InChI is InChI=1S/C18H24O3/c1-4-5-6-7-8-9-10-14-11-16-17(21-13-20-16)12-15(14)18(2,3)19/h11-12,19H,4-8,13H2,1-3H3. The van der Waals surface area contributed by atoms with Crippen LogP contribution in [0.5, 0.6) is 11.5 Å². The maximum absolute atomic E-state index is 10.3. The van der Waals surface area contributed by atoms with Crippen molar-refractivity contribution < 1.29 is 14.6 Å². The Labute approximate surface area is 127 Å². The first-order chi connectivity index (χ1) is 10.0. The maximum atomic E-state index is 10.3. The molecule has 1 aliphatic rings. The summed E-state index contributed by atoms with van der Waals surface area (Å²) in [6.45, 7) is 5.95. The van der Waals surface area contributed by atoms with Gasteiger partial charge in [-0.3, -0.25) is 0 Å². The summed E-state index contributed by atoms with van der Waals surface area (Å²) in [6, 6.07) is 3.71. The molecule has 114 valence electrons. The molecule has 3 nitrogen and oxygen atoms in total. The van der Waals surface area contributed by atoms with E-state index in [9.17, 15) is 5.11 Å². The molecule has 21 heavy (non-hydrogen) atoms. The molecule has 0 radical (unpaired) electrons. The predicted molar refractivity (Wildman–Crippen MR) is 83.4 cm³/mol. The van der Waals surface area contributed by atoms with Gasteiger partial charge in [0.25, 0.3) is 0 Å². The molecule has 1 aromatic carbocycles. The van der Waals surface area contributed by atoms with Crippen LogP contribution in [0.3, 0.4) is 0 Å². The summed E-state index contributed by atoms with van der Waals surface area (Å²) in [4.78, 5) is 0. The molecule has 1 heterocycles. The Bertz CT molecular complexity index is 544. The molecule has 0 fully saturated rings. The van der Waals surface area contributed by atoms with Gasteiger partial charge in [-0.05, 0) is 26.3 Å². The van der Waals surface area contributed by atoms with Gasteiger partial charge in [-0.25, -0.2) is 0 Å². The second-order valence-electron chi connectivity index (χ2n) is 5.92. The number of ether oxygens (including phenoxy) is 2. The molecule has 0 spiro atoms. The van der Waals surface area contributed by atoms with Crippen LogP contribution in [0.4, 0.5) is 0 Å². The molecule has 0 unspecified atom stereocenters. The Hall–Kier alpha value is -1.66. The zero-order valence-electron chi connectivity index (χ0n) is 13.2. The fraction of sp³-hybridized carbons (Fsp3) is 0.556. The van der Waals surface area contributed by atoms with E-state index in [0.717, 1.165) is 24.0 Å². The second-order valence-corrected chi connectivity index (χ2v) is 5.92. The van der Waals surface area contributed by atoms with Crippen molar-refractivity contribution in [3.05, 3.63) is 23.3 Å². The number of benzene rings is 1. The lowest BCUT2D eigenvalue weighted by Gasteiger charge is -2.20. The minimum atomic E-state index is -0.951. The number of hydrogen-bond acceptors (Lipinski definition) is 3. The first-order valence-corrected chi connectivity index (χ1v) is 7.67. The van der Waals surface area contributed by atoms with Crippen LogP contribution >= 0.6 is 0 Å². The van der Waals surface area contributed by atoms with Gasteiger partial charge in [-0.15, -0.1) is 0 Å². The van der Waals surface area contributed by atoms with Gasteiger partial charge < -0.3 is 14.6 Å². The molecule has 2 rings (SSSR count). The number of hydrogen-bond donors (Lipinski definition) is 1. The first kappa shape index (κ1) is 15.7. The van der Waals surface area contributed by atoms with Crippen LogP contribution in [-0.2, 0) is 5.60 Å². The Morgan fingerprint density at radius 3 is 2.52 bits per heavy atom. The highest BCUT2D eigenvalue weighted by molar-refractivity contribution is 5.55. The highest BCUT2D eigenvalue weighted by atomic mass is 16.7. The highest BCUT2D eigenvalue weighted by Crippen LogP contribution is 2.38. The van der Waals surface area contributed by atoms with Gasteiger partial charge in [0.15, 0.2) is 11.5 Å². The minimum Gasteiger partial charge on any atom is -0.454 e. The predicted octanol–water partition coefficient (Wildman–Crippen LogP) is 3.96. The molecule has 0 aliphatic carbocycles. The highest BCUT2D eigenvalue weighted by Gasteiger charge is 2.24. The lowest BCUT2D eigenvalue weighted by Crippen LogP contribution is -2.17. The minimum absolute atomic E-state index is 0.231. The third-order valence-corrected chi connectivity index (χ3v) is 3.55. The topological polar surface area (TPSA) is 38.7 Å². The van der Waals surface area contributed by atoms with Crippen LogP contribution in [0.15, 0.2) is 12.1 Å². The Morgan fingerprint density at radius 2 is 1.86 bits per heavy atom. The summed E-state index contributed by atoms with van der Waals surface area (Å²) >= 11 is 0. The van der Waals surface area contributed by atoms with Crippen molar-refractivity contribution in [3.8, 4) is 23.3 Å². The Balaban J connectivity index is 2.16. The molecular formula is C18H24O3. The molecule has 0 aromatic heterocycles. The molecule has 0 atom stereocenters. The van der Waals surface area contributed by atoms with Gasteiger partial charge in [0.2, 0.25) is 6.79 Å². The summed E-state index contributed by atoms with van der Waals surface area (Å²) in [5, 5.41) is 10.3. The Kier molecular flexibility index (Phi) is 5.14. The van der Waals surface area contributed by atoms with Crippen LogP contribution < -0.4 is 9.47 Å². The van der Waals surface area contributed by atoms with Gasteiger partial charge in [0, 0.05) is 23.6 Å². The number of rotatable bonds is 5. The normalized spacial score (nSPS) is 13.0. The molecule has 1 N–H and O–H groups in total. The number of aliphatic hydroxyl groups is 1. The average molecular weight is 288 g/mol. The molecule has 0 bridgehead atoms. The van der Waals surface area contributed by atoms with E-state index in [1.165, 1.54) is 19.3 Å². The van der Waals surface area contributed by atoms with Gasteiger partial charge in [0.05, 0.1) is 5.60 Å². The van der Waals surface area contributed by atoms with Crippen molar-refractivity contribution >= 4 is 0 Å². The third kappa shape index (κ3) is 4.15. The van der Waals surface area contributed by atoms with E-state index < -0.39 is 5.60 Å². The quantitative estimate of drug-likeness (QED) is 0.658. The Morgan fingerprint density at radius 1 is 1.14 bits per heavy atom. The summed E-state index contributed by atoms with van der Waals surface area (Å²) in [5.41, 5.74) is 0.655. The average Bonchev–Trinajstić information content (AvgIpc) is 2.88. The SMILES string of the molecule is CCCCCCC#Cc1cc2c(cc1C(C)(C)O)OCO2. The lowest BCUT2D eigenvalue weighted by atomic mass is 9.92. The fourth-order valence-electron chi connectivity index (χ4n) is 2.35. The van der Waals surface area contributed by atoms with Crippen molar-refractivity contribution in [2.45, 2.75) is 58.5 Å². The number of fused-ring (bicyclic) bond motifs is 1. The van der Waals surface area contributed by atoms with Crippen LogP contribution in [0.1, 0.15) is 64.0 Å². The second kappa shape index (κ2) is 6.87. The molecule has 1 aliphatic heterocycles. The third-order valence-electron chi connectivity index (χ3n) is 3.55. The largest absolute Gasteiger partial charge is 0.454 e. The van der Waals surface area contributed by atoms with E-state index in [2.05, 4.69) is 18.8 Å². The summed E-state index contributed by atoms with van der Waals surface area (Å²) in [6.07, 6.45) is 5.74. The zero-order chi connectivity index (χ0) is 15.3. The molecule has 3 heteroatoms. The van der Waals surface area contributed by atoms with Crippen molar-refractivity contribution in [1.29, 1.82) is 0 Å². The summed E-state index contributed by atoms with van der Waals surface area (Å²) < 4.78 is 10.8. The molecule has 1 aromatic rings. The van der Waals surface area contributed by atoms with Crippen LogP contribution in [0, 0.1) is 11.8 Å². The van der Waals surface area contributed by atoms with Crippen molar-refractivity contribution in [1.82, 2.24) is 0 Å². The van der Waals surface area contributed by atoms with Gasteiger partial charge in [0.1, 0.15) is 0 Å². The fourth-order valence-corrected chi connectivity index (χ4v) is 2.35. The molecule has 0 amide bonds. The van der Waals surface area contributed by atoms with Crippen molar-refractivity contribution in [3.63, 3.8) is 0 Å². The van der Waals surface area contributed by atoms with E-state index >= 15 is 0 Å². The van der Waals surface area contributed by atoms with Gasteiger partial charge in [-0.1, -0.05) is 38.0 Å². The molecule has 0 saturated carbocycles. The van der Waals surface area contributed by atoms with E-state index in [4.69, 9.17) is 9.47 Å². The van der Waals surface area contributed by atoms with Gasteiger partial charge in [-0.2, -0.15) is 0 Å². The summed E-state index contributed by atoms with van der Waals surface area (Å²) in [5.74, 6) is 7.78. The first-order valence-electron chi connectivity index (χ1n) is 7.67. The molecule has 0 saturated heterocycles. The van der Waals surface area contributed by atoms with E-state index in [1.54, 1.807) is 13.8 Å². The lowest BCUT2D eigenvalue weighted by molar-refractivity contribution is 0.0780. The molecular weight excluding hydrogens is 264 g/mol.